The number of fused-ring (bicyclic) bond motifs is 1. The van der Waals surface area contributed by atoms with Gasteiger partial charge in [-0.25, -0.2) is 9.48 Å². The van der Waals surface area contributed by atoms with Crippen molar-refractivity contribution in [2.45, 2.75) is 18.1 Å². The molecular weight excluding hydrogens is 336 g/mol. The smallest absolute Gasteiger partial charge is 0.338 e. The Labute approximate surface area is 142 Å². The van der Waals surface area contributed by atoms with Gasteiger partial charge in [-0.15, -0.1) is 5.10 Å². The maximum absolute atomic E-state index is 12.3. The number of esters is 1. The molecule has 0 spiro atoms. The van der Waals surface area contributed by atoms with Gasteiger partial charge in [0.2, 0.25) is 11.1 Å². The summed E-state index contributed by atoms with van der Waals surface area (Å²) < 4.78 is 6.66. The first-order chi connectivity index (χ1) is 11.0. The van der Waals surface area contributed by atoms with Gasteiger partial charge in [0.25, 0.3) is 0 Å². The molecule has 1 aromatic carbocycles. The first-order valence-electron chi connectivity index (χ1n) is 6.87. The molecule has 1 aliphatic heterocycles. The summed E-state index contributed by atoms with van der Waals surface area (Å²) in [5, 5.41) is 8.86. The van der Waals surface area contributed by atoms with Gasteiger partial charge >= 0.3 is 5.97 Å². The van der Waals surface area contributed by atoms with Gasteiger partial charge in [0.05, 0.1) is 12.7 Å². The number of benzene rings is 1. The van der Waals surface area contributed by atoms with E-state index < -0.39 is 12.0 Å². The maximum Gasteiger partial charge on any atom is 0.338 e. The molecule has 1 aliphatic rings. The van der Waals surface area contributed by atoms with Crippen molar-refractivity contribution < 1.29 is 9.53 Å². The van der Waals surface area contributed by atoms with Gasteiger partial charge in [-0.2, -0.15) is 4.98 Å². The number of aromatic nitrogens is 3. The van der Waals surface area contributed by atoms with Gasteiger partial charge in [0.1, 0.15) is 6.04 Å². The van der Waals surface area contributed by atoms with Crippen LogP contribution in [0.5, 0.6) is 0 Å². The van der Waals surface area contributed by atoms with Crippen LogP contribution in [0.15, 0.2) is 40.7 Å². The van der Waals surface area contributed by atoms with Crippen molar-refractivity contribution >= 4 is 35.3 Å². The fourth-order valence-electron chi connectivity index (χ4n) is 2.55. The molecule has 1 aromatic heterocycles. The number of carbonyl (C=O) groups is 1. The van der Waals surface area contributed by atoms with E-state index in [1.165, 1.54) is 18.9 Å². The van der Waals surface area contributed by atoms with Gasteiger partial charge in [0.15, 0.2) is 0 Å². The summed E-state index contributed by atoms with van der Waals surface area (Å²) in [6.07, 6.45) is 1.90. The Balaban J connectivity index is 2.18. The largest absolute Gasteiger partial charge is 0.466 e. The third kappa shape index (κ3) is 2.82. The average molecular weight is 351 g/mol. The third-order valence-electron chi connectivity index (χ3n) is 3.61. The summed E-state index contributed by atoms with van der Waals surface area (Å²) in [7, 11) is 1.37. The number of ether oxygens (including phenoxy) is 1. The first-order valence-corrected chi connectivity index (χ1v) is 8.47. The van der Waals surface area contributed by atoms with Crippen LogP contribution in [0.3, 0.4) is 0 Å². The molecule has 23 heavy (non-hydrogen) atoms. The van der Waals surface area contributed by atoms with Crippen LogP contribution >= 0.6 is 23.4 Å². The van der Waals surface area contributed by atoms with Crippen molar-refractivity contribution in [3.05, 3.63) is 46.1 Å². The number of anilines is 1. The highest BCUT2D eigenvalue weighted by atomic mass is 35.5. The Kier molecular flexibility index (Phi) is 4.32. The Morgan fingerprint density at radius 3 is 2.70 bits per heavy atom. The number of hydrogen-bond donors (Lipinski definition) is 1. The van der Waals surface area contributed by atoms with Crippen molar-refractivity contribution in [1.29, 1.82) is 0 Å². The quantitative estimate of drug-likeness (QED) is 0.677. The molecule has 0 unspecified atom stereocenters. The van der Waals surface area contributed by atoms with E-state index >= 15 is 0 Å². The lowest BCUT2D eigenvalue weighted by atomic mass is 9.96. The minimum Gasteiger partial charge on any atom is -0.466 e. The molecule has 1 atom stereocenters. The van der Waals surface area contributed by atoms with E-state index in [1.54, 1.807) is 16.8 Å². The summed E-state index contributed by atoms with van der Waals surface area (Å²) in [4.78, 5) is 16.7. The Morgan fingerprint density at radius 1 is 1.39 bits per heavy atom. The number of methoxy groups -OCH3 is 1. The van der Waals surface area contributed by atoms with Crippen LogP contribution in [0.25, 0.3) is 0 Å². The Bertz CT molecular complexity index is 785. The fraction of sp³-hybridized carbons (Fsp3) is 0.267. The molecule has 2 heterocycles. The van der Waals surface area contributed by atoms with E-state index in [-0.39, 0.29) is 0 Å². The summed E-state index contributed by atoms with van der Waals surface area (Å²) in [5.74, 6) is 0.196. The number of nitrogens with zero attached hydrogens (tertiary/aromatic N) is 3. The number of halogens is 1. The molecule has 6 nitrogen and oxygen atoms in total. The second-order valence-corrected chi connectivity index (χ2v) is 6.19. The molecule has 0 aliphatic carbocycles. The Hall–Kier alpha value is -1.99. The topological polar surface area (TPSA) is 69.0 Å². The second kappa shape index (κ2) is 6.25. The van der Waals surface area contributed by atoms with Crippen molar-refractivity contribution in [2.24, 2.45) is 0 Å². The molecule has 0 saturated heterocycles. The highest BCUT2D eigenvalue weighted by molar-refractivity contribution is 7.98. The predicted octanol–water partition coefficient (Wildman–Crippen LogP) is 3.12. The number of allylic oxidation sites excluding steroid dienone is 1. The molecule has 0 saturated carbocycles. The summed E-state index contributed by atoms with van der Waals surface area (Å²) in [6, 6.07) is 6.91. The Morgan fingerprint density at radius 2 is 2.09 bits per heavy atom. The van der Waals surface area contributed by atoms with Crippen LogP contribution in [0.1, 0.15) is 18.5 Å². The van der Waals surface area contributed by atoms with Crippen LogP contribution in [-0.2, 0) is 9.53 Å². The molecule has 0 bridgehead atoms. The monoisotopic (exact) mass is 350 g/mol. The fourth-order valence-corrected chi connectivity index (χ4v) is 3.02. The zero-order chi connectivity index (χ0) is 16.6. The number of rotatable bonds is 3. The molecule has 0 radical (unpaired) electrons. The van der Waals surface area contributed by atoms with Crippen molar-refractivity contribution in [3.63, 3.8) is 0 Å². The zero-order valence-corrected chi connectivity index (χ0v) is 14.4. The van der Waals surface area contributed by atoms with Crippen LogP contribution in [0.2, 0.25) is 5.02 Å². The summed E-state index contributed by atoms with van der Waals surface area (Å²) >= 11 is 7.42. The van der Waals surface area contributed by atoms with Crippen molar-refractivity contribution in [1.82, 2.24) is 14.8 Å². The van der Waals surface area contributed by atoms with Crippen molar-refractivity contribution in [2.75, 3.05) is 18.7 Å². The zero-order valence-electron chi connectivity index (χ0n) is 12.8. The van der Waals surface area contributed by atoms with E-state index in [1.807, 2.05) is 25.3 Å². The molecule has 8 heteroatoms. The van der Waals surface area contributed by atoms with E-state index in [0.29, 0.717) is 27.4 Å². The van der Waals surface area contributed by atoms with Gasteiger partial charge in [-0.1, -0.05) is 35.5 Å². The van der Waals surface area contributed by atoms with Gasteiger partial charge in [0, 0.05) is 10.7 Å². The minimum absolute atomic E-state index is 0.401. The predicted molar refractivity (Wildman–Crippen MR) is 89.7 cm³/mol. The van der Waals surface area contributed by atoms with Crippen LogP contribution in [0.4, 0.5) is 5.95 Å². The minimum atomic E-state index is -0.413. The van der Waals surface area contributed by atoms with Crippen LogP contribution in [0, 0.1) is 0 Å². The molecule has 0 amide bonds. The van der Waals surface area contributed by atoms with E-state index in [9.17, 15) is 4.79 Å². The average Bonchev–Trinajstić information content (AvgIpc) is 2.96. The SMILES string of the molecule is COC(=O)C1=C(C)Nc2nc(SC)nn2[C@H]1c1ccc(Cl)cc1. The lowest BCUT2D eigenvalue weighted by Gasteiger charge is -2.27. The van der Waals surface area contributed by atoms with E-state index in [0.717, 1.165) is 5.56 Å². The lowest BCUT2D eigenvalue weighted by Crippen LogP contribution is -2.29. The number of carbonyl (C=O) groups excluding carboxylic acids is 1. The highest BCUT2D eigenvalue weighted by Crippen LogP contribution is 2.36. The van der Waals surface area contributed by atoms with E-state index in [2.05, 4.69) is 15.4 Å². The number of thioether (sulfide) groups is 1. The first kappa shape index (κ1) is 15.9. The molecule has 0 fully saturated rings. The van der Waals surface area contributed by atoms with Gasteiger partial charge < -0.3 is 10.1 Å². The normalized spacial score (nSPS) is 16.8. The van der Waals surface area contributed by atoms with Crippen LogP contribution < -0.4 is 5.32 Å². The molecule has 2 aromatic rings. The number of hydrogen-bond acceptors (Lipinski definition) is 6. The van der Waals surface area contributed by atoms with Crippen LogP contribution in [-0.4, -0.2) is 34.1 Å². The van der Waals surface area contributed by atoms with Gasteiger partial charge in [-0.3, -0.25) is 0 Å². The third-order valence-corrected chi connectivity index (χ3v) is 4.40. The maximum atomic E-state index is 12.3. The summed E-state index contributed by atoms with van der Waals surface area (Å²) in [5.41, 5.74) is 2.08. The molecule has 1 N–H and O–H groups in total. The van der Waals surface area contributed by atoms with E-state index in [4.69, 9.17) is 16.3 Å². The molecule has 3 rings (SSSR count). The second-order valence-electron chi connectivity index (χ2n) is 4.98. The lowest BCUT2D eigenvalue weighted by molar-refractivity contribution is -0.136. The van der Waals surface area contributed by atoms with Crippen molar-refractivity contribution in [3.8, 4) is 0 Å². The molecular formula is C15H15ClN4O2S. The summed E-state index contributed by atoms with van der Waals surface area (Å²) in [6.45, 7) is 1.83. The number of nitrogens with one attached hydrogen (secondary N) is 1. The van der Waals surface area contributed by atoms with Gasteiger partial charge in [-0.05, 0) is 30.9 Å². The molecule has 120 valence electrons. The standard InChI is InChI=1S/C15H15ClN4O2S/c1-8-11(13(21)22-2)12(9-4-6-10(16)7-5-9)20-14(17-8)18-15(19-20)23-3/h4-7,12H,1-3H3,(H,17,18,19)/t12-/m0/s1. The highest BCUT2D eigenvalue weighted by Gasteiger charge is 2.34.